The van der Waals surface area contributed by atoms with Gasteiger partial charge in [0.2, 0.25) is 5.78 Å². The number of methoxy groups -OCH3 is 1. The van der Waals surface area contributed by atoms with Crippen molar-refractivity contribution < 1.29 is 14.3 Å². The van der Waals surface area contributed by atoms with Crippen molar-refractivity contribution in [3.05, 3.63) is 68.2 Å². The average Bonchev–Trinajstić information content (AvgIpc) is 3.19. The third kappa shape index (κ3) is 2.36. The van der Waals surface area contributed by atoms with E-state index in [1.54, 1.807) is 30.2 Å². The van der Waals surface area contributed by atoms with Crippen LogP contribution in [0.25, 0.3) is 6.08 Å². The molecule has 6 heteroatoms. The Balaban J connectivity index is 1.44. The number of nitrogens with one attached hydrogen (secondary N) is 1. The second-order valence-electron chi connectivity index (χ2n) is 7.64. The summed E-state index contributed by atoms with van der Waals surface area (Å²) in [6, 6.07) is 7.55. The monoisotopic (exact) mass is 486 g/mol. The maximum atomic E-state index is 12.9. The van der Waals surface area contributed by atoms with Crippen molar-refractivity contribution >= 4 is 40.4 Å². The van der Waals surface area contributed by atoms with Crippen LogP contribution in [0.1, 0.15) is 33.7 Å². The van der Waals surface area contributed by atoms with Crippen LogP contribution >= 0.6 is 22.6 Å². The standard InChI is InChI=1S/C22H19IN2O3/c1-12-20(23)19-21(24-12)16(26)9-17-22(19)10-14(22)11-25(17)18(27)8-5-13-3-6-15(28-2)7-4-13/h3-9,14,24H,10-11H2,1-2H3/b8-5+/t14-,22+/m1/s1. The summed E-state index contributed by atoms with van der Waals surface area (Å²) in [6.07, 6.45) is 6.08. The first kappa shape index (κ1) is 17.7. The number of amides is 1. The molecule has 1 N–H and O–H groups in total. The fraction of sp³-hybridized carbons (Fsp3) is 0.273. The van der Waals surface area contributed by atoms with Gasteiger partial charge in [0.05, 0.1) is 12.8 Å². The molecule has 2 atom stereocenters. The van der Waals surface area contributed by atoms with Crippen molar-refractivity contribution in [2.24, 2.45) is 5.92 Å². The lowest BCUT2D eigenvalue weighted by molar-refractivity contribution is -0.123. The molecule has 3 aliphatic rings. The van der Waals surface area contributed by atoms with Crippen LogP contribution < -0.4 is 4.74 Å². The molecule has 2 aliphatic carbocycles. The Labute approximate surface area is 176 Å². The number of halogens is 1. The second-order valence-corrected chi connectivity index (χ2v) is 8.71. The molecule has 1 aromatic heterocycles. The molecule has 2 fully saturated rings. The van der Waals surface area contributed by atoms with Crippen LogP contribution in [0.4, 0.5) is 0 Å². The summed E-state index contributed by atoms with van der Waals surface area (Å²) >= 11 is 2.32. The molecule has 1 spiro atoms. The van der Waals surface area contributed by atoms with E-state index in [0.29, 0.717) is 18.2 Å². The van der Waals surface area contributed by atoms with Crippen LogP contribution in [-0.2, 0) is 10.2 Å². The first-order valence-electron chi connectivity index (χ1n) is 9.24. The molecular formula is C22H19IN2O3. The number of ether oxygens (including phenoxy) is 1. The first-order chi connectivity index (χ1) is 13.5. The van der Waals surface area contributed by atoms with Crippen molar-refractivity contribution in [3.8, 4) is 5.75 Å². The molecule has 0 unspecified atom stereocenters. The number of aromatic nitrogens is 1. The number of hydrogen-bond donors (Lipinski definition) is 1. The van der Waals surface area contributed by atoms with E-state index in [0.717, 1.165) is 38.3 Å². The molecule has 5 rings (SSSR count). The minimum Gasteiger partial charge on any atom is -0.497 e. The SMILES string of the molecule is COc1ccc(/C=C/C(=O)N2C[C@H]3C[C@@]34C2=CC(=O)c2[nH]c(C)c(I)c24)cc1. The number of nitrogens with zero attached hydrogens (tertiary/aromatic N) is 1. The van der Waals surface area contributed by atoms with Gasteiger partial charge in [-0.2, -0.15) is 0 Å². The van der Waals surface area contributed by atoms with E-state index in [4.69, 9.17) is 4.74 Å². The number of aryl methyl sites for hydroxylation is 1. The maximum absolute atomic E-state index is 12.9. The fourth-order valence-corrected chi connectivity index (χ4v) is 5.53. The van der Waals surface area contributed by atoms with E-state index in [-0.39, 0.29) is 17.1 Å². The van der Waals surface area contributed by atoms with Crippen LogP contribution in [0.15, 0.2) is 42.1 Å². The van der Waals surface area contributed by atoms with Gasteiger partial charge in [-0.1, -0.05) is 12.1 Å². The van der Waals surface area contributed by atoms with Gasteiger partial charge in [0, 0.05) is 44.6 Å². The summed E-state index contributed by atoms with van der Waals surface area (Å²) in [6.45, 7) is 2.67. The van der Waals surface area contributed by atoms with Gasteiger partial charge < -0.3 is 14.6 Å². The third-order valence-corrected chi connectivity index (χ3v) is 7.48. The molecule has 28 heavy (non-hydrogen) atoms. The number of benzene rings is 1. The number of carbonyl (C=O) groups is 2. The Morgan fingerprint density at radius 1 is 1.36 bits per heavy atom. The van der Waals surface area contributed by atoms with Crippen LogP contribution in [0.2, 0.25) is 0 Å². The summed E-state index contributed by atoms with van der Waals surface area (Å²) < 4.78 is 6.28. The zero-order valence-corrected chi connectivity index (χ0v) is 17.7. The van der Waals surface area contributed by atoms with E-state index in [9.17, 15) is 9.59 Å². The Kier molecular flexibility index (Phi) is 3.84. The Morgan fingerprint density at radius 2 is 2.11 bits per heavy atom. The van der Waals surface area contributed by atoms with Crippen LogP contribution in [0.3, 0.4) is 0 Å². The highest BCUT2D eigenvalue weighted by Crippen LogP contribution is 2.67. The van der Waals surface area contributed by atoms with Crippen molar-refractivity contribution in [1.29, 1.82) is 0 Å². The number of hydrogen-bond acceptors (Lipinski definition) is 3. The number of likely N-dealkylation sites (tertiary alicyclic amines) is 1. The zero-order chi connectivity index (χ0) is 19.6. The molecule has 1 amide bonds. The minimum absolute atomic E-state index is 0.0360. The largest absolute Gasteiger partial charge is 0.497 e. The van der Waals surface area contributed by atoms with Gasteiger partial charge in [0.15, 0.2) is 0 Å². The van der Waals surface area contributed by atoms with Crippen LogP contribution in [0.5, 0.6) is 5.75 Å². The summed E-state index contributed by atoms with van der Waals surface area (Å²) in [4.78, 5) is 30.6. The molecule has 2 aromatic rings. The van der Waals surface area contributed by atoms with Crippen molar-refractivity contribution in [1.82, 2.24) is 9.88 Å². The summed E-state index contributed by atoms with van der Waals surface area (Å²) in [5.74, 6) is 1.06. The number of allylic oxidation sites excluding steroid dienone is 2. The predicted octanol–water partition coefficient (Wildman–Crippen LogP) is 3.83. The van der Waals surface area contributed by atoms with Crippen LogP contribution in [-0.4, -0.2) is 35.2 Å². The normalized spacial score (nSPS) is 24.7. The smallest absolute Gasteiger partial charge is 0.250 e. The molecule has 1 saturated heterocycles. The lowest BCUT2D eigenvalue weighted by Crippen LogP contribution is -2.32. The molecule has 1 aromatic carbocycles. The molecule has 1 saturated carbocycles. The fourth-order valence-electron chi connectivity index (χ4n) is 4.65. The maximum Gasteiger partial charge on any atom is 0.250 e. The number of piperidine rings is 1. The van der Waals surface area contributed by atoms with E-state index in [1.165, 1.54) is 0 Å². The number of aromatic amines is 1. The molecule has 2 heterocycles. The van der Waals surface area contributed by atoms with E-state index in [2.05, 4.69) is 27.6 Å². The quantitative estimate of drug-likeness (QED) is 0.530. The van der Waals surface area contributed by atoms with Gasteiger partial charge in [0.25, 0.3) is 5.91 Å². The highest BCUT2D eigenvalue weighted by atomic mass is 127. The third-order valence-electron chi connectivity index (χ3n) is 6.13. The highest BCUT2D eigenvalue weighted by Gasteiger charge is 2.68. The minimum atomic E-state index is -0.159. The van der Waals surface area contributed by atoms with Crippen molar-refractivity contribution in [3.63, 3.8) is 0 Å². The molecular weight excluding hydrogens is 467 g/mol. The summed E-state index contributed by atoms with van der Waals surface area (Å²) in [7, 11) is 1.63. The van der Waals surface area contributed by atoms with Gasteiger partial charge in [-0.05, 0) is 65.6 Å². The molecule has 142 valence electrons. The lowest BCUT2D eigenvalue weighted by atomic mass is 9.85. The molecule has 5 nitrogen and oxygen atoms in total. The van der Waals surface area contributed by atoms with Crippen molar-refractivity contribution in [2.75, 3.05) is 13.7 Å². The van der Waals surface area contributed by atoms with E-state index >= 15 is 0 Å². The summed E-state index contributed by atoms with van der Waals surface area (Å²) in [5.41, 5.74) is 4.48. The number of H-pyrrole nitrogens is 1. The molecule has 0 radical (unpaired) electrons. The number of fused-ring (bicyclic) bond motifs is 1. The number of rotatable bonds is 3. The van der Waals surface area contributed by atoms with Gasteiger partial charge in [-0.25, -0.2) is 0 Å². The number of ketones is 1. The van der Waals surface area contributed by atoms with Gasteiger partial charge in [-0.3, -0.25) is 9.59 Å². The Hall–Kier alpha value is -2.35. The van der Waals surface area contributed by atoms with Crippen LogP contribution in [0, 0.1) is 16.4 Å². The molecule has 0 bridgehead atoms. The predicted molar refractivity (Wildman–Crippen MR) is 114 cm³/mol. The van der Waals surface area contributed by atoms with Gasteiger partial charge in [-0.15, -0.1) is 0 Å². The summed E-state index contributed by atoms with van der Waals surface area (Å²) in [5, 5.41) is 0. The second kappa shape index (κ2) is 6.07. The topological polar surface area (TPSA) is 62.4 Å². The molecule has 1 aliphatic heterocycles. The van der Waals surface area contributed by atoms with Gasteiger partial charge in [0.1, 0.15) is 5.75 Å². The number of carbonyl (C=O) groups excluding carboxylic acids is 2. The van der Waals surface area contributed by atoms with E-state index in [1.807, 2.05) is 31.2 Å². The van der Waals surface area contributed by atoms with Gasteiger partial charge >= 0.3 is 0 Å². The van der Waals surface area contributed by atoms with Crippen molar-refractivity contribution in [2.45, 2.75) is 18.8 Å². The lowest BCUT2D eigenvalue weighted by Gasteiger charge is -2.27. The highest BCUT2D eigenvalue weighted by molar-refractivity contribution is 14.1. The van der Waals surface area contributed by atoms with E-state index < -0.39 is 0 Å². The Bertz CT molecular complexity index is 1080. The Morgan fingerprint density at radius 3 is 2.82 bits per heavy atom. The zero-order valence-electron chi connectivity index (χ0n) is 15.6. The first-order valence-corrected chi connectivity index (χ1v) is 10.3. The average molecular weight is 486 g/mol.